The molecule has 1 aromatic heterocycles. The Morgan fingerprint density at radius 1 is 1.86 bits per heavy atom. The molecule has 1 nitrogen and oxygen atoms in total. The van der Waals surface area contributed by atoms with Crippen LogP contribution in [-0.4, -0.2) is 4.98 Å². The number of hydrogen-bond donors (Lipinski definition) is 0. The van der Waals surface area contributed by atoms with Gasteiger partial charge >= 0.3 is 0 Å². The van der Waals surface area contributed by atoms with Crippen molar-refractivity contribution in [2.45, 2.75) is 0 Å². The molecule has 1 heterocycles. The van der Waals surface area contributed by atoms with Gasteiger partial charge in [0.25, 0.3) is 0 Å². The molecule has 1 rings (SSSR count). The summed E-state index contributed by atoms with van der Waals surface area (Å²) >= 11 is 6.72. The van der Waals surface area contributed by atoms with Gasteiger partial charge in [0.15, 0.2) is 4.47 Å². The number of aromatic nitrogens is 1. The lowest BCUT2D eigenvalue weighted by Gasteiger charge is -1.68. The molecular weight excluding hydrogens is 130 g/mol. The maximum atomic E-state index is 5.39. The van der Waals surface area contributed by atoms with E-state index in [1.54, 1.807) is 5.38 Å². The van der Waals surface area contributed by atoms with Gasteiger partial charge in [-0.05, 0) is 0 Å². The zero-order valence-corrected chi connectivity index (χ0v) is 4.96. The molecule has 0 aromatic carbocycles. The maximum absolute atomic E-state index is 5.39. The molecule has 0 atom stereocenters. The molecule has 0 fully saturated rings. The van der Waals surface area contributed by atoms with Crippen molar-refractivity contribution in [2.75, 3.05) is 0 Å². The number of halogens is 1. The molecule has 0 unspecified atom stereocenters. The monoisotopic (exact) mass is 131 g/mol. The summed E-state index contributed by atoms with van der Waals surface area (Å²) < 4.78 is 0.498. The summed E-state index contributed by atoms with van der Waals surface area (Å²) in [6.45, 7) is 5.19. The molecule has 0 amide bonds. The molecule has 0 aliphatic rings. The predicted molar refractivity (Wildman–Crippen MR) is 30.5 cm³/mol. The average Bonchev–Trinajstić information content (AvgIpc) is 1.87. The van der Waals surface area contributed by atoms with E-state index >= 15 is 0 Å². The number of nitrogens with zero attached hydrogens (tertiary/aromatic N) is 1. The highest BCUT2D eigenvalue weighted by Gasteiger charge is 1.88. The van der Waals surface area contributed by atoms with Crippen LogP contribution < -0.4 is 0 Å². The summed E-state index contributed by atoms with van der Waals surface area (Å²) in [5.74, 6) is 0. The van der Waals surface area contributed by atoms with Crippen LogP contribution in [0.2, 0.25) is 4.47 Å². The standard InChI is InChI=1S/C4H2ClNS/c1-3-2-7-4(5)6-3/h1-2H. The van der Waals surface area contributed by atoms with Crippen molar-refractivity contribution >= 4 is 22.9 Å². The van der Waals surface area contributed by atoms with Crippen LogP contribution in [0.4, 0.5) is 0 Å². The van der Waals surface area contributed by atoms with Gasteiger partial charge in [0.2, 0.25) is 0 Å². The summed E-state index contributed by atoms with van der Waals surface area (Å²) in [5, 5.41) is 1.70. The summed E-state index contributed by atoms with van der Waals surface area (Å²) in [6.07, 6.45) is 0. The molecule has 0 aliphatic heterocycles. The Morgan fingerprint density at radius 3 is 2.71 bits per heavy atom. The first kappa shape index (κ1) is 5.06. The Labute approximate surface area is 51.0 Å². The van der Waals surface area contributed by atoms with Crippen LogP contribution >= 0.6 is 22.9 Å². The highest BCUT2D eigenvalue weighted by Crippen LogP contribution is 2.13. The van der Waals surface area contributed by atoms with E-state index in [4.69, 9.17) is 18.5 Å². The van der Waals surface area contributed by atoms with Crippen LogP contribution in [0.25, 0.3) is 0 Å². The second-order valence-electron chi connectivity index (χ2n) is 1.03. The van der Waals surface area contributed by atoms with Gasteiger partial charge in [0, 0.05) is 12.3 Å². The smallest absolute Gasteiger partial charge is 0.183 e. The van der Waals surface area contributed by atoms with Crippen molar-refractivity contribution in [1.29, 1.82) is 0 Å². The minimum atomic E-state index is 0.495. The SMILES string of the molecule is [CH]c1csc(Cl)n1. The van der Waals surface area contributed by atoms with E-state index in [9.17, 15) is 0 Å². The third kappa shape index (κ3) is 1.14. The lowest BCUT2D eigenvalue weighted by atomic mass is 10.6. The van der Waals surface area contributed by atoms with Gasteiger partial charge in [-0.2, -0.15) is 0 Å². The summed E-state index contributed by atoms with van der Waals surface area (Å²) in [6, 6.07) is 0. The molecule has 0 aliphatic carbocycles. The Kier molecular flexibility index (Phi) is 1.30. The van der Waals surface area contributed by atoms with Crippen molar-refractivity contribution in [1.82, 2.24) is 4.98 Å². The van der Waals surface area contributed by atoms with E-state index in [0.29, 0.717) is 10.2 Å². The zero-order valence-electron chi connectivity index (χ0n) is 3.39. The van der Waals surface area contributed by atoms with E-state index in [2.05, 4.69) is 4.98 Å². The molecule has 0 bridgehead atoms. The predicted octanol–water partition coefficient (Wildman–Crippen LogP) is 1.86. The van der Waals surface area contributed by atoms with Gasteiger partial charge in [0.05, 0.1) is 5.69 Å². The lowest BCUT2D eigenvalue weighted by molar-refractivity contribution is 1.35. The minimum absolute atomic E-state index is 0.495. The average molecular weight is 132 g/mol. The zero-order chi connectivity index (χ0) is 5.28. The van der Waals surface area contributed by atoms with Crippen molar-refractivity contribution in [3.05, 3.63) is 22.5 Å². The van der Waals surface area contributed by atoms with Gasteiger partial charge in [-0.15, -0.1) is 11.3 Å². The molecule has 0 saturated carbocycles. The first-order chi connectivity index (χ1) is 3.29. The first-order valence-electron chi connectivity index (χ1n) is 1.65. The molecule has 1 aromatic rings. The lowest BCUT2D eigenvalue weighted by Crippen LogP contribution is -1.62. The molecule has 0 N–H and O–H groups in total. The van der Waals surface area contributed by atoms with Crippen molar-refractivity contribution < 1.29 is 0 Å². The van der Waals surface area contributed by atoms with Crippen molar-refractivity contribution in [3.63, 3.8) is 0 Å². The van der Waals surface area contributed by atoms with Gasteiger partial charge < -0.3 is 0 Å². The van der Waals surface area contributed by atoms with Gasteiger partial charge in [-0.3, -0.25) is 0 Å². The second kappa shape index (κ2) is 1.80. The first-order valence-corrected chi connectivity index (χ1v) is 2.91. The molecular formula is C4H2ClNS. The van der Waals surface area contributed by atoms with E-state index < -0.39 is 0 Å². The number of thiazole rings is 1. The van der Waals surface area contributed by atoms with E-state index in [-0.39, 0.29) is 0 Å². The summed E-state index contributed by atoms with van der Waals surface area (Å²) in [5.41, 5.74) is 0.495. The minimum Gasteiger partial charge on any atom is -0.230 e. The van der Waals surface area contributed by atoms with E-state index in [1.807, 2.05) is 0 Å². The fraction of sp³-hybridized carbons (Fsp3) is 0. The van der Waals surface area contributed by atoms with E-state index in [1.165, 1.54) is 11.3 Å². The highest BCUT2D eigenvalue weighted by atomic mass is 35.5. The van der Waals surface area contributed by atoms with E-state index in [0.717, 1.165) is 0 Å². The summed E-state index contributed by atoms with van der Waals surface area (Å²) in [7, 11) is 0. The Hall–Kier alpha value is -0.0800. The fourth-order valence-corrected chi connectivity index (χ4v) is 0.923. The van der Waals surface area contributed by atoms with Crippen LogP contribution in [0, 0.1) is 6.92 Å². The molecule has 3 heteroatoms. The molecule has 0 saturated heterocycles. The normalized spacial score (nSPS) is 9.43. The molecule has 7 heavy (non-hydrogen) atoms. The third-order valence-corrected chi connectivity index (χ3v) is 1.49. The molecule has 2 radical (unpaired) electrons. The topological polar surface area (TPSA) is 12.9 Å². The largest absolute Gasteiger partial charge is 0.230 e. The Balaban J connectivity index is 3.04. The van der Waals surface area contributed by atoms with Crippen LogP contribution in [-0.2, 0) is 0 Å². The van der Waals surface area contributed by atoms with Crippen LogP contribution in [0.15, 0.2) is 5.38 Å². The van der Waals surface area contributed by atoms with Crippen LogP contribution in [0.1, 0.15) is 5.69 Å². The van der Waals surface area contributed by atoms with Crippen molar-refractivity contribution in [2.24, 2.45) is 0 Å². The van der Waals surface area contributed by atoms with Crippen LogP contribution in [0.3, 0.4) is 0 Å². The van der Waals surface area contributed by atoms with Gasteiger partial charge in [-0.25, -0.2) is 4.98 Å². The molecule has 0 spiro atoms. The van der Waals surface area contributed by atoms with Crippen molar-refractivity contribution in [3.8, 4) is 0 Å². The third-order valence-electron chi connectivity index (χ3n) is 0.494. The summed E-state index contributed by atoms with van der Waals surface area (Å²) in [4.78, 5) is 3.67. The van der Waals surface area contributed by atoms with Crippen LogP contribution in [0.5, 0.6) is 0 Å². The van der Waals surface area contributed by atoms with Gasteiger partial charge in [-0.1, -0.05) is 11.6 Å². The number of hydrogen-bond acceptors (Lipinski definition) is 2. The fourth-order valence-electron chi connectivity index (χ4n) is 0.263. The quantitative estimate of drug-likeness (QED) is 0.524. The molecule has 36 valence electrons. The van der Waals surface area contributed by atoms with Gasteiger partial charge in [0.1, 0.15) is 0 Å². The Morgan fingerprint density at radius 2 is 2.57 bits per heavy atom. The maximum Gasteiger partial charge on any atom is 0.183 e. The second-order valence-corrected chi connectivity index (χ2v) is 2.47. The number of rotatable bonds is 0. The highest BCUT2D eigenvalue weighted by molar-refractivity contribution is 7.13. The Bertz CT molecular complexity index is 144.